The normalized spacial score (nSPS) is 16.6. The van der Waals surface area contributed by atoms with Crippen LogP contribution in [0.25, 0.3) is 16.9 Å². The fourth-order valence-electron chi connectivity index (χ4n) is 4.60. The van der Waals surface area contributed by atoms with Crippen molar-refractivity contribution in [3.8, 4) is 11.3 Å². The van der Waals surface area contributed by atoms with Crippen LogP contribution in [-0.4, -0.2) is 46.5 Å². The molecule has 2 N–H and O–H groups in total. The van der Waals surface area contributed by atoms with Crippen LogP contribution in [0, 0.1) is 0 Å². The predicted molar refractivity (Wildman–Crippen MR) is 123 cm³/mol. The van der Waals surface area contributed by atoms with Gasteiger partial charge in [-0.3, -0.25) is 4.40 Å². The lowest BCUT2D eigenvalue weighted by atomic mass is 9.95. The number of amides is 2. The molecule has 0 unspecified atom stereocenters. The number of hydrogen-bond acceptors (Lipinski definition) is 5. The number of esters is 1. The Morgan fingerprint density at radius 1 is 1.19 bits per heavy atom. The largest absolute Gasteiger partial charge is 0.465 e. The zero-order valence-corrected chi connectivity index (χ0v) is 18.4. The first-order valence-electron chi connectivity index (χ1n) is 11.1. The lowest BCUT2D eigenvalue weighted by Gasteiger charge is -2.26. The Bertz CT molecular complexity index is 1200. The van der Waals surface area contributed by atoms with Crippen LogP contribution in [0.2, 0.25) is 0 Å². The molecule has 0 saturated heterocycles. The van der Waals surface area contributed by atoms with Crippen molar-refractivity contribution in [2.24, 2.45) is 0 Å². The monoisotopic (exact) mass is 433 g/mol. The second-order valence-electron chi connectivity index (χ2n) is 8.58. The highest BCUT2D eigenvalue weighted by atomic mass is 16.5. The molecule has 8 nitrogen and oxygen atoms in total. The molecule has 1 saturated carbocycles. The number of nitrogens with one attached hydrogen (secondary N) is 2. The van der Waals surface area contributed by atoms with Crippen LogP contribution >= 0.6 is 0 Å². The molecule has 0 atom stereocenters. The summed E-state index contributed by atoms with van der Waals surface area (Å²) in [6, 6.07) is 9.81. The number of rotatable bonds is 4. The van der Waals surface area contributed by atoms with Crippen LogP contribution < -0.4 is 10.6 Å². The van der Waals surface area contributed by atoms with Gasteiger partial charge in [0.1, 0.15) is 17.2 Å². The first-order valence-corrected chi connectivity index (χ1v) is 11.1. The van der Waals surface area contributed by atoms with E-state index in [-0.39, 0.29) is 12.0 Å². The highest BCUT2D eigenvalue weighted by Gasteiger charge is 2.23. The zero-order valence-electron chi connectivity index (χ0n) is 18.4. The standard InChI is InChI=1S/C24H27N5O3/c1-28-14-17-12-15(8-9-19(17)26-24(28)31)21-22(25-18-6-4-3-5-7-18)29-11-10-16(23(30)32-2)13-20(29)27-21/h8-13,18,25H,3-7,14H2,1-2H3,(H,26,31). The molecular formula is C24H27N5O3. The van der Waals surface area contributed by atoms with Gasteiger partial charge in [-0.15, -0.1) is 0 Å². The lowest BCUT2D eigenvalue weighted by Crippen LogP contribution is -2.35. The lowest BCUT2D eigenvalue weighted by molar-refractivity contribution is 0.0600. The van der Waals surface area contributed by atoms with E-state index in [9.17, 15) is 9.59 Å². The number of urea groups is 1. The molecule has 2 aliphatic rings. The number of pyridine rings is 1. The van der Waals surface area contributed by atoms with Crippen LogP contribution in [0.3, 0.4) is 0 Å². The molecule has 1 fully saturated rings. The maximum Gasteiger partial charge on any atom is 0.338 e. The SMILES string of the molecule is COC(=O)c1ccn2c(NC3CCCCC3)c(-c3ccc4c(c3)CN(C)C(=O)N4)nc2c1. The van der Waals surface area contributed by atoms with E-state index >= 15 is 0 Å². The Morgan fingerprint density at radius 2 is 2.00 bits per heavy atom. The molecule has 3 aromatic rings. The van der Waals surface area contributed by atoms with Crippen molar-refractivity contribution in [3.63, 3.8) is 0 Å². The molecule has 32 heavy (non-hydrogen) atoms. The van der Waals surface area contributed by atoms with Crippen molar-refractivity contribution < 1.29 is 14.3 Å². The van der Waals surface area contributed by atoms with Crippen molar-refractivity contribution in [3.05, 3.63) is 47.7 Å². The van der Waals surface area contributed by atoms with Gasteiger partial charge < -0.3 is 20.3 Å². The molecule has 8 heteroatoms. The van der Waals surface area contributed by atoms with Gasteiger partial charge in [0.25, 0.3) is 0 Å². The second kappa shape index (κ2) is 8.18. The third-order valence-corrected chi connectivity index (χ3v) is 6.37. The number of nitrogens with zero attached hydrogens (tertiary/aromatic N) is 3. The summed E-state index contributed by atoms with van der Waals surface area (Å²) in [7, 11) is 3.16. The van der Waals surface area contributed by atoms with Crippen LogP contribution in [0.1, 0.15) is 48.0 Å². The van der Waals surface area contributed by atoms with Crippen molar-refractivity contribution in [1.82, 2.24) is 14.3 Å². The van der Waals surface area contributed by atoms with E-state index in [1.54, 1.807) is 24.1 Å². The predicted octanol–water partition coefficient (Wildman–Crippen LogP) is 4.51. The van der Waals surface area contributed by atoms with Crippen LogP contribution in [0.4, 0.5) is 16.3 Å². The van der Waals surface area contributed by atoms with E-state index in [4.69, 9.17) is 9.72 Å². The van der Waals surface area contributed by atoms with Crippen LogP contribution in [0.15, 0.2) is 36.5 Å². The molecule has 1 aliphatic carbocycles. The average Bonchev–Trinajstić information content (AvgIpc) is 3.17. The summed E-state index contributed by atoms with van der Waals surface area (Å²) in [5.74, 6) is 0.544. The minimum Gasteiger partial charge on any atom is -0.465 e. The number of carbonyl (C=O) groups is 2. The number of carbonyl (C=O) groups excluding carboxylic acids is 2. The Balaban J connectivity index is 1.60. The van der Waals surface area contributed by atoms with Crippen molar-refractivity contribution in [1.29, 1.82) is 0 Å². The molecule has 2 aromatic heterocycles. The highest BCUT2D eigenvalue weighted by Crippen LogP contribution is 2.35. The molecule has 0 spiro atoms. The summed E-state index contributed by atoms with van der Waals surface area (Å²) in [5, 5.41) is 6.65. The second-order valence-corrected chi connectivity index (χ2v) is 8.58. The van der Waals surface area contributed by atoms with Gasteiger partial charge in [-0.1, -0.05) is 25.3 Å². The number of imidazole rings is 1. The van der Waals surface area contributed by atoms with E-state index in [2.05, 4.69) is 16.7 Å². The molecular weight excluding hydrogens is 406 g/mol. The summed E-state index contributed by atoms with van der Waals surface area (Å²) in [5.41, 5.74) is 4.82. The van der Waals surface area contributed by atoms with E-state index in [0.29, 0.717) is 23.8 Å². The van der Waals surface area contributed by atoms with Gasteiger partial charge in [-0.2, -0.15) is 0 Å². The van der Waals surface area contributed by atoms with Gasteiger partial charge in [-0.05, 0) is 42.7 Å². The van der Waals surface area contributed by atoms with Crippen LogP contribution in [0.5, 0.6) is 0 Å². The molecule has 0 bridgehead atoms. The maximum atomic E-state index is 12.0. The van der Waals surface area contributed by atoms with E-state index in [0.717, 1.165) is 41.2 Å². The van der Waals surface area contributed by atoms with Crippen molar-refractivity contribution in [2.75, 3.05) is 24.8 Å². The number of hydrogen-bond donors (Lipinski definition) is 2. The summed E-state index contributed by atoms with van der Waals surface area (Å²) >= 11 is 0. The maximum absolute atomic E-state index is 12.0. The number of methoxy groups -OCH3 is 1. The number of anilines is 2. The number of benzene rings is 1. The molecule has 2 amide bonds. The average molecular weight is 434 g/mol. The van der Waals surface area contributed by atoms with Gasteiger partial charge in [0, 0.05) is 37.1 Å². The Hall–Kier alpha value is -3.55. The van der Waals surface area contributed by atoms with Gasteiger partial charge in [-0.25, -0.2) is 14.6 Å². The van der Waals surface area contributed by atoms with E-state index in [1.807, 2.05) is 22.7 Å². The third-order valence-electron chi connectivity index (χ3n) is 6.37. The fourth-order valence-corrected chi connectivity index (χ4v) is 4.60. The smallest absolute Gasteiger partial charge is 0.338 e. The molecule has 1 aromatic carbocycles. The summed E-state index contributed by atoms with van der Waals surface area (Å²) < 4.78 is 6.88. The third kappa shape index (κ3) is 3.66. The Kier molecular flexibility index (Phi) is 5.20. The van der Waals surface area contributed by atoms with Crippen molar-refractivity contribution >= 4 is 29.2 Å². The van der Waals surface area contributed by atoms with Crippen molar-refractivity contribution in [2.45, 2.75) is 44.7 Å². The quantitative estimate of drug-likeness (QED) is 0.591. The van der Waals surface area contributed by atoms with Gasteiger partial charge in [0.05, 0.1) is 12.7 Å². The summed E-state index contributed by atoms with van der Waals surface area (Å²) in [6.07, 6.45) is 7.87. The fraction of sp³-hybridized carbons (Fsp3) is 0.375. The first-order chi connectivity index (χ1) is 15.5. The minimum atomic E-state index is -0.383. The molecule has 0 radical (unpaired) electrons. The number of aromatic nitrogens is 2. The molecule has 1 aliphatic heterocycles. The zero-order chi connectivity index (χ0) is 22.2. The minimum absolute atomic E-state index is 0.104. The molecule has 166 valence electrons. The molecule has 5 rings (SSSR count). The van der Waals surface area contributed by atoms with Gasteiger partial charge >= 0.3 is 12.0 Å². The topological polar surface area (TPSA) is 88.0 Å². The Morgan fingerprint density at radius 3 is 2.78 bits per heavy atom. The van der Waals surface area contributed by atoms with Gasteiger partial charge in [0.15, 0.2) is 0 Å². The molecule has 3 heterocycles. The summed E-state index contributed by atoms with van der Waals surface area (Å²) in [4.78, 5) is 30.6. The number of ether oxygens (including phenoxy) is 1. The first kappa shape index (κ1) is 20.4. The van der Waals surface area contributed by atoms with Gasteiger partial charge in [0.2, 0.25) is 0 Å². The Labute approximate surface area is 186 Å². The van der Waals surface area contributed by atoms with E-state index < -0.39 is 0 Å². The summed E-state index contributed by atoms with van der Waals surface area (Å²) in [6.45, 7) is 0.542. The highest BCUT2D eigenvalue weighted by molar-refractivity contribution is 5.93. The van der Waals surface area contributed by atoms with E-state index in [1.165, 1.54) is 26.4 Å². The number of fused-ring (bicyclic) bond motifs is 2. The van der Waals surface area contributed by atoms with Crippen LogP contribution in [-0.2, 0) is 11.3 Å².